The lowest BCUT2D eigenvalue weighted by Gasteiger charge is -2.38. The molecule has 0 radical (unpaired) electrons. The number of piperidine rings is 1. The number of ether oxygens (including phenoxy) is 5. The number of carbonyl (C=O) groups is 2. The summed E-state index contributed by atoms with van der Waals surface area (Å²) < 4.78 is 43.3. The molecule has 1 N–H and O–H groups in total. The second kappa shape index (κ2) is 19.1. The van der Waals surface area contributed by atoms with E-state index in [4.69, 9.17) is 23.7 Å². The number of methoxy groups -OCH3 is 1. The standard InChI is InChI=1S/C42H48FN3O7/c1-49-23-7-20-45-22-25-51-39-17-12-32(26-38(39)45)30-52-40-28-46(42(48)53-29-31-8-3-2-4-9-31)21-18-36(40)33-13-15-35(16-14-33)50-24-19-44-41(47)27-34-10-5-6-11-37(34)43/h2-6,8-17,26,36,40H,7,18-25,27-30H2,1H3,(H,44,47). The Morgan fingerprint density at radius 1 is 0.906 bits per heavy atom. The Morgan fingerprint density at radius 2 is 1.72 bits per heavy atom. The van der Waals surface area contributed by atoms with Crippen molar-refractivity contribution >= 4 is 17.7 Å². The molecule has 0 aliphatic carbocycles. The van der Waals surface area contributed by atoms with Crippen LogP contribution >= 0.6 is 0 Å². The molecular formula is C42H48FN3O7. The van der Waals surface area contributed by atoms with Gasteiger partial charge in [-0.25, -0.2) is 9.18 Å². The summed E-state index contributed by atoms with van der Waals surface area (Å²) >= 11 is 0. The predicted octanol–water partition coefficient (Wildman–Crippen LogP) is 6.51. The van der Waals surface area contributed by atoms with E-state index in [-0.39, 0.29) is 43.7 Å². The van der Waals surface area contributed by atoms with Crippen molar-refractivity contribution in [1.82, 2.24) is 10.2 Å². The highest BCUT2D eigenvalue weighted by Crippen LogP contribution is 2.35. The molecule has 11 heteroatoms. The molecule has 0 aromatic heterocycles. The molecule has 0 saturated carbocycles. The normalized spacial score (nSPS) is 16.7. The van der Waals surface area contributed by atoms with Crippen molar-refractivity contribution in [3.8, 4) is 11.5 Å². The third kappa shape index (κ3) is 10.7. The second-order valence-electron chi connectivity index (χ2n) is 13.3. The molecule has 4 aromatic rings. The lowest BCUT2D eigenvalue weighted by Crippen LogP contribution is -2.47. The summed E-state index contributed by atoms with van der Waals surface area (Å²) in [5.41, 5.74) is 4.46. The molecule has 1 saturated heterocycles. The molecule has 0 bridgehead atoms. The van der Waals surface area contributed by atoms with Crippen molar-refractivity contribution in [2.75, 3.05) is 64.6 Å². The van der Waals surface area contributed by atoms with Gasteiger partial charge in [-0.15, -0.1) is 0 Å². The molecular weight excluding hydrogens is 677 g/mol. The molecule has 6 rings (SSSR count). The van der Waals surface area contributed by atoms with Crippen molar-refractivity contribution in [3.05, 3.63) is 125 Å². The topological polar surface area (TPSA) is 98.8 Å². The molecule has 2 aliphatic rings. The first-order valence-corrected chi connectivity index (χ1v) is 18.3. The third-order valence-electron chi connectivity index (χ3n) is 9.56. The van der Waals surface area contributed by atoms with Crippen LogP contribution in [0.3, 0.4) is 0 Å². The zero-order chi connectivity index (χ0) is 36.8. The number of nitrogens with zero attached hydrogens (tertiary/aromatic N) is 2. The fraction of sp³-hybridized carbons (Fsp3) is 0.381. The van der Waals surface area contributed by atoms with Crippen molar-refractivity contribution in [3.63, 3.8) is 0 Å². The monoisotopic (exact) mass is 725 g/mol. The molecule has 2 atom stereocenters. The Labute approximate surface area is 310 Å². The molecule has 2 amide bonds. The number of benzene rings is 4. The number of anilines is 1. The molecule has 0 spiro atoms. The third-order valence-corrected chi connectivity index (χ3v) is 9.56. The minimum atomic E-state index is -0.394. The van der Waals surface area contributed by atoms with Crippen LogP contribution in [0.1, 0.15) is 41.0 Å². The fourth-order valence-electron chi connectivity index (χ4n) is 6.73. The highest BCUT2D eigenvalue weighted by molar-refractivity contribution is 5.78. The van der Waals surface area contributed by atoms with Crippen LogP contribution in [0.25, 0.3) is 0 Å². The first-order chi connectivity index (χ1) is 26.0. The van der Waals surface area contributed by atoms with Crippen LogP contribution in [0.2, 0.25) is 0 Å². The van der Waals surface area contributed by atoms with Gasteiger partial charge in [0.25, 0.3) is 0 Å². The first kappa shape index (κ1) is 37.6. The maximum atomic E-state index is 13.9. The average molecular weight is 726 g/mol. The number of rotatable bonds is 16. The van der Waals surface area contributed by atoms with E-state index in [0.29, 0.717) is 57.2 Å². The van der Waals surface area contributed by atoms with Gasteiger partial charge in [-0.05, 0) is 65.4 Å². The highest BCUT2D eigenvalue weighted by atomic mass is 19.1. The highest BCUT2D eigenvalue weighted by Gasteiger charge is 2.34. The fourth-order valence-corrected chi connectivity index (χ4v) is 6.73. The van der Waals surface area contributed by atoms with E-state index in [2.05, 4.69) is 16.3 Å². The molecule has 1 fully saturated rings. The van der Waals surface area contributed by atoms with Gasteiger partial charge < -0.3 is 38.8 Å². The van der Waals surface area contributed by atoms with Gasteiger partial charge in [-0.1, -0.05) is 66.7 Å². The van der Waals surface area contributed by atoms with Gasteiger partial charge in [0, 0.05) is 32.7 Å². The Hall–Kier alpha value is -5.13. The molecule has 53 heavy (non-hydrogen) atoms. The van der Waals surface area contributed by atoms with E-state index in [9.17, 15) is 14.0 Å². The Bertz CT molecular complexity index is 1770. The van der Waals surface area contributed by atoms with Gasteiger partial charge in [0.1, 0.15) is 37.1 Å². The molecule has 2 aliphatic heterocycles. The minimum absolute atomic E-state index is 0.0254. The zero-order valence-corrected chi connectivity index (χ0v) is 30.2. The van der Waals surface area contributed by atoms with Crippen LogP contribution in [0.4, 0.5) is 14.9 Å². The van der Waals surface area contributed by atoms with E-state index < -0.39 is 5.82 Å². The molecule has 2 unspecified atom stereocenters. The molecule has 10 nitrogen and oxygen atoms in total. The van der Waals surface area contributed by atoms with E-state index in [0.717, 1.165) is 47.6 Å². The number of carbonyl (C=O) groups excluding carboxylic acids is 2. The summed E-state index contributed by atoms with van der Waals surface area (Å²) in [6, 6.07) is 30.0. The second-order valence-corrected chi connectivity index (χ2v) is 13.3. The largest absolute Gasteiger partial charge is 0.492 e. The number of amides is 2. The number of fused-ring (bicyclic) bond motifs is 1. The van der Waals surface area contributed by atoms with E-state index >= 15 is 0 Å². The first-order valence-electron chi connectivity index (χ1n) is 18.3. The van der Waals surface area contributed by atoms with Gasteiger partial charge >= 0.3 is 6.09 Å². The smallest absolute Gasteiger partial charge is 0.410 e. The predicted molar refractivity (Wildman–Crippen MR) is 200 cm³/mol. The van der Waals surface area contributed by atoms with Crippen LogP contribution in [0, 0.1) is 5.82 Å². The summed E-state index contributed by atoms with van der Waals surface area (Å²) in [6.07, 6.45) is 0.957. The summed E-state index contributed by atoms with van der Waals surface area (Å²) in [5, 5.41) is 2.78. The van der Waals surface area contributed by atoms with Gasteiger partial charge in [-0.2, -0.15) is 0 Å². The summed E-state index contributed by atoms with van der Waals surface area (Å²) in [6.45, 7) is 5.11. The van der Waals surface area contributed by atoms with Crippen molar-refractivity contribution in [2.45, 2.75) is 44.5 Å². The molecule has 2 heterocycles. The number of hydrogen-bond donors (Lipinski definition) is 1. The summed E-state index contributed by atoms with van der Waals surface area (Å²) in [7, 11) is 1.72. The van der Waals surface area contributed by atoms with E-state index in [1.165, 1.54) is 6.07 Å². The van der Waals surface area contributed by atoms with Crippen LogP contribution in [0.5, 0.6) is 11.5 Å². The lowest BCUT2D eigenvalue weighted by molar-refractivity contribution is -0.120. The van der Waals surface area contributed by atoms with Crippen LogP contribution in [-0.2, 0) is 38.6 Å². The number of likely N-dealkylation sites (tertiary alicyclic amines) is 1. The Morgan fingerprint density at radius 3 is 2.53 bits per heavy atom. The quantitative estimate of drug-likeness (QED) is 0.131. The number of nitrogens with one attached hydrogen (secondary N) is 1. The van der Waals surface area contributed by atoms with Crippen molar-refractivity contribution in [2.24, 2.45) is 0 Å². The number of hydrogen-bond acceptors (Lipinski definition) is 8. The minimum Gasteiger partial charge on any atom is -0.492 e. The van der Waals surface area contributed by atoms with Gasteiger partial charge in [0.15, 0.2) is 0 Å². The van der Waals surface area contributed by atoms with Gasteiger partial charge in [-0.3, -0.25) is 4.79 Å². The summed E-state index contributed by atoms with van der Waals surface area (Å²) in [4.78, 5) is 29.6. The van der Waals surface area contributed by atoms with Gasteiger partial charge in [0.05, 0.1) is 44.5 Å². The van der Waals surface area contributed by atoms with E-state index in [1.807, 2.05) is 66.7 Å². The average Bonchev–Trinajstić information content (AvgIpc) is 3.19. The lowest BCUT2D eigenvalue weighted by atomic mass is 9.87. The number of halogens is 1. The molecule has 4 aromatic carbocycles. The van der Waals surface area contributed by atoms with Gasteiger partial charge in [0.2, 0.25) is 5.91 Å². The van der Waals surface area contributed by atoms with Crippen molar-refractivity contribution < 1.29 is 37.7 Å². The van der Waals surface area contributed by atoms with E-state index in [1.54, 1.807) is 30.2 Å². The maximum Gasteiger partial charge on any atom is 0.410 e. The van der Waals surface area contributed by atoms with Crippen molar-refractivity contribution in [1.29, 1.82) is 0 Å². The van der Waals surface area contributed by atoms with Crippen LogP contribution < -0.4 is 19.7 Å². The summed E-state index contributed by atoms with van der Waals surface area (Å²) in [5.74, 6) is 0.912. The SMILES string of the molecule is COCCCN1CCOc2ccc(COC3CN(C(=O)OCc4ccccc4)CCC3c3ccc(OCCNC(=O)Cc4ccccc4F)cc3)cc21. The zero-order valence-electron chi connectivity index (χ0n) is 30.2. The Kier molecular flexibility index (Phi) is 13.6. The van der Waals surface area contributed by atoms with Crippen LogP contribution in [-0.4, -0.2) is 82.7 Å². The molecule has 280 valence electrons. The maximum absolute atomic E-state index is 13.9. The Balaban J connectivity index is 1.07. The van der Waals surface area contributed by atoms with Crippen LogP contribution in [0.15, 0.2) is 97.1 Å².